The van der Waals surface area contributed by atoms with Gasteiger partial charge in [0.25, 0.3) is 11.8 Å². The maximum absolute atomic E-state index is 15.2. The molecule has 8 rings (SSSR count). The van der Waals surface area contributed by atoms with Crippen molar-refractivity contribution in [2.75, 3.05) is 12.5 Å². The number of phenolic OH excluding ortho intramolecular Hbond substituents is 1. The highest BCUT2D eigenvalue weighted by molar-refractivity contribution is 6.13. The van der Waals surface area contributed by atoms with Crippen molar-refractivity contribution in [2.24, 2.45) is 23.7 Å². The van der Waals surface area contributed by atoms with Crippen LogP contribution in [-0.4, -0.2) is 45.7 Å². The normalized spacial score (nSPS) is 27.1. The van der Waals surface area contributed by atoms with Crippen molar-refractivity contribution in [3.05, 3.63) is 137 Å². The van der Waals surface area contributed by atoms with Crippen molar-refractivity contribution >= 4 is 29.3 Å². The van der Waals surface area contributed by atoms with Crippen molar-refractivity contribution in [3.63, 3.8) is 0 Å². The summed E-state index contributed by atoms with van der Waals surface area (Å²) in [4.78, 5) is 58.0. The van der Waals surface area contributed by atoms with E-state index in [1.165, 1.54) is 11.9 Å². The summed E-state index contributed by atoms with van der Waals surface area (Å²) in [6, 6.07) is 31.5. The van der Waals surface area contributed by atoms with Crippen LogP contribution in [0, 0.1) is 30.6 Å². The molecule has 6 atom stereocenters. The second-order valence-electron chi connectivity index (χ2n) is 13.8. The molecule has 2 N–H and O–H groups in total. The number of rotatable bonds is 7. The van der Waals surface area contributed by atoms with Crippen LogP contribution in [0.2, 0.25) is 0 Å². The van der Waals surface area contributed by atoms with Crippen molar-refractivity contribution < 1.29 is 29.0 Å². The minimum atomic E-state index is -1.47. The van der Waals surface area contributed by atoms with E-state index in [4.69, 9.17) is 4.74 Å². The minimum absolute atomic E-state index is 0.0885. The number of nitrogens with one attached hydrogen (secondary N) is 1. The van der Waals surface area contributed by atoms with Crippen molar-refractivity contribution in [3.8, 4) is 11.5 Å². The van der Waals surface area contributed by atoms with Crippen LogP contribution in [0.25, 0.3) is 0 Å². The summed E-state index contributed by atoms with van der Waals surface area (Å²) in [5, 5.41) is 13.0. The van der Waals surface area contributed by atoms with E-state index < -0.39 is 46.8 Å². The molecule has 252 valence electrons. The first kappa shape index (κ1) is 31.6. The Labute approximate surface area is 290 Å². The van der Waals surface area contributed by atoms with Gasteiger partial charge in [0.1, 0.15) is 18.1 Å². The fraction of sp³-hybridized carbons (Fsp3) is 0.268. The fourth-order valence-corrected chi connectivity index (χ4v) is 8.85. The van der Waals surface area contributed by atoms with Crippen molar-refractivity contribution in [1.29, 1.82) is 0 Å². The summed E-state index contributed by atoms with van der Waals surface area (Å²) >= 11 is 0. The molecular formula is C41H37N3O6. The number of imide groups is 2. The molecule has 2 aliphatic carbocycles. The molecule has 2 saturated heterocycles. The first-order valence-corrected chi connectivity index (χ1v) is 17.0. The van der Waals surface area contributed by atoms with Crippen molar-refractivity contribution in [2.45, 2.75) is 37.7 Å². The number of hydrogen-bond donors (Lipinski definition) is 2. The molecular weight excluding hydrogens is 630 g/mol. The Morgan fingerprint density at radius 1 is 0.840 bits per heavy atom. The number of benzene rings is 4. The number of carbonyl (C=O) groups is 4. The number of phenols is 1. The number of hydrazine groups is 1. The zero-order chi connectivity index (χ0) is 34.7. The maximum atomic E-state index is 15.2. The molecule has 4 aromatic rings. The average Bonchev–Trinajstić information content (AvgIpc) is 3.49. The van der Waals surface area contributed by atoms with Gasteiger partial charge in [-0.05, 0) is 55.0 Å². The molecule has 9 nitrogen and oxygen atoms in total. The Morgan fingerprint density at radius 2 is 1.54 bits per heavy atom. The number of ether oxygens (including phenoxy) is 1. The Balaban J connectivity index is 1.29. The molecule has 2 heterocycles. The van der Waals surface area contributed by atoms with E-state index in [0.717, 1.165) is 21.7 Å². The molecule has 0 radical (unpaired) electrons. The molecule has 0 spiro atoms. The lowest BCUT2D eigenvalue weighted by Crippen LogP contribution is -2.53. The van der Waals surface area contributed by atoms with E-state index in [2.05, 4.69) is 5.43 Å². The summed E-state index contributed by atoms with van der Waals surface area (Å²) in [7, 11) is 1.51. The predicted octanol–water partition coefficient (Wildman–Crippen LogP) is 5.89. The highest BCUT2D eigenvalue weighted by atomic mass is 16.5. The number of likely N-dealkylation sites (tertiary alicyclic amines) is 1. The SMILES string of the molecule is Cc1ccc(NN2C(=O)[C@@H]3C[C@@H]4C(=CC[C@@H]5C(=O)N(C)C(=O)[C@@H]54)[C@H](c4ccc(OCc5ccccc5)cc4O)[C@]3(c3ccccc3)C2=O)cc1. The number of aryl methyl sites for hydroxylation is 1. The van der Waals surface area contributed by atoms with E-state index in [1.54, 1.807) is 18.2 Å². The summed E-state index contributed by atoms with van der Waals surface area (Å²) in [6.07, 6.45) is 2.50. The van der Waals surface area contributed by atoms with E-state index in [-0.39, 0.29) is 24.0 Å². The smallest absolute Gasteiger partial charge is 0.260 e. The highest BCUT2D eigenvalue weighted by Gasteiger charge is 2.70. The van der Waals surface area contributed by atoms with E-state index in [9.17, 15) is 19.5 Å². The van der Waals surface area contributed by atoms with Gasteiger partial charge < -0.3 is 9.84 Å². The number of anilines is 1. The largest absolute Gasteiger partial charge is 0.508 e. The van der Waals surface area contributed by atoms with Gasteiger partial charge in [-0.25, -0.2) is 0 Å². The molecule has 9 heteroatoms. The molecule has 4 aromatic carbocycles. The van der Waals surface area contributed by atoms with Crippen LogP contribution in [0.5, 0.6) is 11.5 Å². The van der Waals surface area contributed by atoms with Gasteiger partial charge in [-0.15, -0.1) is 0 Å². The molecule has 50 heavy (non-hydrogen) atoms. The molecule has 4 amide bonds. The quantitative estimate of drug-likeness (QED) is 0.186. The van der Waals surface area contributed by atoms with Crippen LogP contribution in [0.1, 0.15) is 41.0 Å². The number of carbonyl (C=O) groups excluding carboxylic acids is 4. The molecule has 3 fully saturated rings. The van der Waals surface area contributed by atoms with E-state index >= 15 is 4.79 Å². The van der Waals surface area contributed by atoms with Gasteiger partial charge in [0.2, 0.25) is 11.8 Å². The Bertz CT molecular complexity index is 2050. The summed E-state index contributed by atoms with van der Waals surface area (Å²) in [5.41, 5.74) is 6.08. The average molecular weight is 668 g/mol. The Morgan fingerprint density at radius 3 is 2.24 bits per heavy atom. The number of nitrogens with zero attached hydrogens (tertiary/aromatic N) is 2. The number of allylic oxidation sites excluding steroid dienone is 2. The Hall–Kier alpha value is -5.70. The number of fused-ring (bicyclic) bond motifs is 4. The van der Waals surface area contributed by atoms with Crippen LogP contribution in [0.4, 0.5) is 5.69 Å². The lowest BCUT2D eigenvalue weighted by atomic mass is 9.49. The number of hydrogen-bond acceptors (Lipinski definition) is 7. The van der Waals surface area contributed by atoms with Crippen molar-refractivity contribution in [1.82, 2.24) is 9.91 Å². The van der Waals surface area contributed by atoms with Gasteiger partial charge in [0.05, 0.1) is 28.9 Å². The Kier molecular flexibility index (Phi) is 7.58. The summed E-state index contributed by atoms with van der Waals surface area (Å²) < 4.78 is 6.04. The van der Waals surface area contributed by atoms with Crippen LogP contribution in [0.3, 0.4) is 0 Å². The third-order valence-corrected chi connectivity index (χ3v) is 11.2. The third kappa shape index (κ3) is 4.75. The highest BCUT2D eigenvalue weighted by Crippen LogP contribution is 2.64. The van der Waals surface area contributed by atoms with Crippen LogP contribution in [-0.2, 0) is 31.2 Å². The first-order chi connectivity index (χ1) is 24.2. The van der Waals surface area contributed by atoms with Gasteiger partial charge >= 0.3 is 0 Å². The molecule has 0 aromatic heterocycles. The lowest BCUT2D eigenvalue weighted by molar-refractivity contribution is -0.140. The lowest BCUT2D eigenvalue weighted by Gasteiger charge is -2.50. The summed E-state index contributed by atoms with van der Waals surface area (Å²) in [6.45, 7) is 2.25. The van der Waals surface area contributed by atoms with Crippen LogP contribution >= 0.6 is 0 Å². The molecule has 1 saturated carbocycles. The molecule has 2 aliphatic heterocycles. The van der Waals surface area contributed by atoms with E-state index in [0.29, 0.717) is 35.6 Å². The van der Waals surface area contributed by atoms with Gasteiger partial charge in [-0.1, -0.05) is 96.1 Å². The minimum Gasteiger partial charge on any atom is -0.508 e. The predicted molar refractivity (Wildman–Crippen MR) is 185 cm³/mol. The van der Waals surface area contributed by atoms with Gasteiger partial charge in [0.15, 0.2) is 0 Å². The molecule has 4 aliphatic rings. The fourth-order valence-electron chi connectivity index (χ4n) is 8.85. The van der Waals surface area contributed by atoms with E-state index in [1.807, 2.05) is 97.9 Å². The zero-order valence-electron chi connectivity index (χ0n) is 27.8. The zero-order valence-corrected chi connectivity index (χ0v) is 27.8. The topological polar surface area (TPSA) is 116 Å². The second kappa shape index (κ2) is 12.0. The number of aromatic hydroxyl groups is 1. The van der Waals surface area contributed by atoms with Gasteiger partial charge in [-0.2, -0.15) is 5.01 Å². The third-order valence-electron chi connectivity index (χ3n) is 11.2. The monoisotopic (exact) mass is 667 g/mol. The number of amides is 4. The van der Waals surface area contributed by atoms with Crippen LogP contribution in [0.15, 0.2) is 115 Å². The standard InChI is InChI=1S/C41H37N3O6/c1-24-13-15-27(16-14-24)42-44-38(47)33-22-32-29(19-20-31-35(32)39(48)43(2)37(31)46)36(41(33,40(44)49)26-11-7-4-8-12-26)30-18-17-28(21-34(30)45)50-23-25-9-5-3-6-10-25/h3-19,21,31-33,35-36,42,45H,20,22-23H2,1-2H3/t31-,32+,33-,35-,36+,41+/m0/s1. The maximum Gasteiger partial charge on any atom is 0.260 e. The van der Waals surface area contributed by atoms with Crippen LogP contribution < -0.4 is 10.2 Å². The molecule has 0 unspecified atom stereocenters. The summed E-state index contributed by atoms with van der Waals surface area (Å²) in [5.74, 6) is -4.44. The van der Waals surface area contributed by atoms with Gasteiger partial charge in [-0.3, -0.25) is 29.5 Å². The second-order valence-corrected chi connectivity index (χ2v) is 13.8. The molecule has 0 bridgehead atoms. The first-order valence-electron chi connectivity index (χ1n) is 17.0. The van der Waals surface area contributed by atoms with Gasteiger partial charge in [0, 0.05) is 24.6 Å².